The monoisotopic (exact) mass is 444 g/mol. The molecule has 4 saturated carbocycles. The number of hydrogen-bond donors (Lipinski definition) is 2. The third kappa shape index (κ3) is 3.71. The van der Waals surface area contributed by atoms with Gasteiger partial charge in [0.25, 0.3) is 15.9 Å². The molecule has 2 aromatic rings. The number of carbonyl (C=O) groups excluding carboxylic acids is 1. The number of halogens is 1. The largest absolute Gasteiger partial charge is 0.347 e. The number of carbonyl (C=O) groups is 1. The molecule has 0 spiro atoms. The fourth-order valence-electron chi connectivity index (χ4n) is 6.15. The van der Waals surface area contributed by atoms with Crippen molar-refractivity contribution in [2.75, 3.05) is 4.72 Å². The molecule has 0 heterocycles. The summed E-state index contributed by atoms with van der Waals surface area (Å²) in [6.07, 6.45) is 7.14. The molecular formula is C23H25ClN2O3S. The van der Waals surface area contributed by atoms with Crippen LogP contribution in [0.4, 0.5) is 5.69 Å². The molecule has 1 amide bonds. The minimum Gasteiger partial charge on any atom is -0.347 e. The maximum Gasteiger partial charge on any atom is 0.261 e. The van der Waals surface area contributed by atoms with Gasteiger partial charge in [0, 0.05) is 5.54 Å². The second kappa shape index (κ2) is 7.27. The SMILES string of the molecule is O=C(NC12CC3CC(CC(C3)C1)C2)c1ccc(NS(=O)(=O)c2ccccc2)cc1Cl. The zero-order chi connectivity index (χ0) is 20.9. The van der Waals surface area contributed by atoms with Crippen molar-refractivity contribution in [1.82, 2.24) is 5.32 Å². The van der Waals surface area contributed by atoms with Gasteiger partial charge in [-0.3, -0.25) is 9.52 Å². The molecule has 4 aliphatic carbocycles. The van der Waals surface area contributed by atoms with Gasteiger partial charge in [-0.2, -0.15) is 0 Å². The van der Waals surface area contributed by atoms with Gasteiger partial charge in [-0.05, 0) is 86.6 Å². The number of anilines is 1. The highest BCUT2D eigenvalue weighted by Crippen LogP contribution is 2.55. The maximum absolute atomic E-state index is 13.0. The van der Waals surface area contributed by atoms with Gasteiger partial charge in [0.2, 0.25) is 0 Å². The summed E-state index contributed by atoms with van der Waals surface area (Å²) in [5, 5.41) is 3.55. The van der Waals surface area contributed by atoms with Gasteiger partial charge >= 0.3 is 0 Å². The van der Waals surface area contributed by atoms with E-state index in [2.05, 4.69) is 10.0 Å². The second-order valence-electron chi connectivity index (χ2n) is 9.27. The molecule has 7 heteroatoms. The Morgan fingerprint density at radius 3 is 2.10 bits per heavy atom. The van der Waals surface area contributed by atoms with Crippen LogP contribution in [-0.4, -0.2) is 19.9 Å². The molecule has 0 saturated heterocycles. The van der Waals surface area contributed by atoms with Crippen LogP contribution >= 0.6 is 11.6 Å². The lowest BCUT2D eigenvalue weighted by molar-refractivity contribution is -0.0166. The molecule has 5 nitrogen and oxygen atoms in total. The molecule has 0 atom stereocenters. The van der Waals surface area contributed by atoms with Crippen molar-refractivity contribution >= 4 is 33.2 Å². The van der Waals surface area contributed by atoms with E-state index in [1.807, 2.05) is 0 Å². The van der Waals surface area contributed by atoms with Gasteiger partial charge < -0.3 is 5.32 Å². The van der Waals surface area contributed by atoms with E-state index in [4.69, 9.17) is 11.6 Å². The lowest BCUT2D eigenvalue weighted by Gasteiger charge is -2.56. The molecule has 4 fully saturated rings. The predicted octanol–water partition coefficient (Wildman–Crippen LogP) is 4.84. The van der Waals surface area contributed by atoms with Crippen LogP contribution < -0.4 is 10.0 Å². The highest BCUT2D eigenvalue weighted by atomic mass is 35.5. The third-order valence-corrected chi connectivity index (χ3v) is 8.65. The molecular weight excluding hydrogens is 420 g/mol. The first kappa shape index (κ1) is 19.9. The molecule has 0 aromatic heterocycles. The van der Waals surface area contributed by atoms with Gasteiger partial charge in [0.15, 0.2) is 0 Å². The second-order valence-corrected chi connectivity index (χ2v) is 11.4. The molecule has 30 heavy (non-hydrogen) atoms. The van der Waals surface area contributed by atoms with Gasteiger partial charge in [0.05, 0.1) is 21.2 Å². The van der Waals surface area contributed by atoms with E-state index in [1.165, 1.54) is 37.5 Å². The third-order valence-electron chi connectivity index (χ3n) is 6.94. The summed E-state index contributed by atoms with van der Waals surface area (Å²) in [6.45, 7) is 0. The van der Waals surface area contributed by atoms with Crippen LogP contribution in [0.2, 0.25) is 5.02 Å². The van der Waals surface area contributed by atoms with Crippen LogP contribution in [0, 0.1) is 17.8 Å². The van der Waals surface area contributed by atoms with Crippen LogP contribution in [0.1, 0.15) is 48.9 Å². The standard InChI is InChI=1S/C23H25ClN2O3S/c24-21-11-18(26-30(28,29)19-4-2-1-3-5-19)6-7-20(21)22(27)25-23-12-15-8-16(13-23)10-17(9-15)14-23/h1-7,11,15-17,26H,8-10,12-14H2,(H,25,27). The average molecular weight is 445 g/mol. The van der Waals surface area contributed by atoms with Crippen LogP contribution in [0.3, 0.4) is 0 Å². The number of amides is 1. The number of hydrogen-bond acceptors (Lipinski definition) is 3. The first-order chi connectivity index (χ1) is 14.3. The van der Waals surface area contributed by atoms with Crippen molar-refractivity contribution in [3.63, 3.8) is 0 Å². The Kier molecular flexibility index (Phi) is 4.82. The van der Waals surface area contributed by atoms with E-state index in [-0.39, 0.29) is 21.4 Å². The van der Waals surface area contributed by atoms with Crippen molar-refractivity contribution in [1.29, 1.82) is 0 Å². The van der Waals surface area contributed by atoms with E-state index in [0.717, 1.165) is 37.0 Å². The van der Waals surface area contributed by atoms with Crippen molar-refractivity contribution in [2.24, 2.45) is 17.8 Å². The fourth-order valence-corrected chi connectivity index (χ4v) is 7.49. The summed E-state index contributed by atoms with van der Waals surface area (Å²) in [6, 6.07) is 12.8. The van der Waals surface area contributed by atoms with Gasteiger partial charge in [0.1, 0.15) is 0 Å². The van der Waals surface area contributed by atoms with Gasteiger partial charge in [-0.15, -0.1) is 0 Å². The molecule has 4 bridgehead atoms. The van der Waals surface area contributed by atoms with E-state index in [0.29, 0.717) is 11.3 Å². The lowest BCUT2D eigenvalue weighted by Crippen LogP contribution is -2.59. The summed E-state index contributed by atoms with van der Waals surface area (Å²) in [7, 11) is -3.71. The molecule has 158 valence electrons. The van der Waals surface area contributed by atoms with Crippen LogP contribution in [0.25, 0.3) is 0 Å². The lowest BCUT2D eigenvalue weighted by atomic mass is 9.53. The Morgan fingerprint density at radius 1 is 0.933 bits per heavy atom. The number of benzene rings is 2. The van der Waals surface area contributed by atoms with Crippen LogP contribution in [-0.2, 0) is 10.0 Å². The predicted molar refractivity (Wildman–Crippen MR) is 117 cm³/mol. The number of nitrogens with one attached hydrogen (secondary N) is 2. The highest BCUT2D eigenvalue weighted by molar-refractivity contribution is 7.92. The van der Waals surface area contributed by atoms with Crippen molar-refractivity contribution in [2.45, 2.75) is 49.0 Å². The summed E-state index contributed by atoms with van der Waals surface area (Å²) < 4.78 is 27.6. The van der Waals surface area contributed by atoms with E-state index in [1.54, 1.807) is 30.3 Å². The Balaban J connectivity index is 1.32. The quantitative estimate of drug-likeness (QED) is 0.692. The summed E-state index contributed by atoms with van der Waals surface area (Å²) in [4.78, 5) is 13.2. The van der Waals surface area contributed by atoms with E-state index >= 15 is 0 Å². The fraction of sp³-hybridized carbons (Fsp3) is 0.435. The smallest absolute Gasteiger partial charge is 0.261 e. The van der Waals surface area contributed by atoms with Gasteiger partial charge in [-0.1, -0.05) is 29.8 Å². The summed E-state index contributed by atoms with van der Waals surface area (Å²) in [5.74, 6) is 2.05. The zero-order valence-corrected chi connectivity index (χ0v) is 18.2. The maximum atomic E-state index is 13.0. The topological polar surface area (TPSA) is 75.3 Å². The van der Waals surface area contributed by atoms with Crippen molar-refractivity contribution < 1.29 is 13.2 Å². The van der Waals surface area contributed by atoms with Crippen molar-refractivity contribution in [3.8, 4) is 0 Å². The van der Waals surface area contributed by atoms with Gasteiger partial charge in [-0.25, -0.2) is 8.42 Å². The minimum absolute atomic E-state index is 0.0945. The Hall–Kier alpha value is -2.05. The van der Waals surface area contributed by atoms with E-state index < -0.39 is 10.0 Å². The first-order valence-corrected chi connectivity index (χ1v) is 12.4. The number of rotatable bonds is 5. The molecule has 0 aliphatic heterocycles. The average Bonchev–Trinajstić information content (AvgIpc) is 2.67. The normalized spacial score (nSPS) is 29.6. The molecule has 2 N–H and O–H groups in total. The Labute approximate surface area is 182 Å². The van der Waals surface area contributed by atoms with Crippen molar-refractivity contribution in [3.05, 3.63) is 59.1 Å². The van der Waals surface area contributed by atoms with Crippen LogP contribution in [0.5, 0.6) is 0 Å². The summed E-state index contributed by atoms with van der Waals surface area (Å²) >= 11 is 6.39. The first-order valence-electron chi connectivity index (χ1n) is 10.5. The van der Waals surface area contributed by atoms with Crippen LogP contribution in [0.15, 0.2) is 53.4 Å². The molecule has 4 aliphatic rings. The molecule has 6 rings (SSSR count). The molecule has 2 aromatic carbocycles. The minimum atomic E-state index is -3.71. The zero-order valence-electron chi connectivity index (χ0n) is 16.6. The summed E-state index contributed by atoms with van der Waals surface area (Å²) in [5.41, 5.74) is 0.619. The Bertz CT molecular complexity index is 1050. The molecule has 0 radical (unpaired) electrons. The highest BCUT2D eigenvalue weighted by Gasteiger charge is 2.51. The number of sulfonamides is 1. The van der Waals surface area contributed by atoms with E-state index in [9.17, 15) is 13.2 Å². The Morgan fingerprint density at radius 2 is 1.53 bits per heavy atom. The molecule has 0 unspecified atom stereocenters.